The van der Waals surface area contributed by atoms with Gasteiger partial charge in [0.1, 0.15) is 5.82 Å². The van der Waals surface area contributed by atoms with Crippen LogP contribution in [0, 0.1) is 17.5 Å². The van der Waals surface area contributed by atoms with Crippen LogP contribution in [0.15, 0.2) is 36.4 Å². The number of ketones is 1. The Balaban J connectivity index is 2.57. The van der Waals surface area contributed by atoms with E-state index in [0.717, 1.165) is 30.3 Å². The number of carbonyl (C=O) groups is 1. The minimum absolute atomic E-state index is 0.452. The lowest BCUT2D eigenvalue weighted by molar-refractivity contribution is -0.140. The Morgan fingerprint density at radius 3 is 1.90 bits per heavy atom. The molecule has 0 heterocycles. The van der Waals surface area contributed by atoms with E-state index in [4.69, 9.17) is 0 Å². The maximum absolute atomic E-state index is 13.8. The third-order valence-electron chi connectivity index (χ3n) is 2.74. The second-order valence-electron chi connectivity index (χ2n) is 4.10. The van der Waals surface area contributed by atoms with Gasteiger partial charge in [-0.2, -0.15) is 13.2 Å². The molecule has 21 heavy (non-hydrogen) atoms. The fraction of sp³-hybridized carbons (Fsp3) is 0.0714. The first-order valence-corrected chi connectivity index (χ1v) is 5.58. The minimum Gasteiger partial charge on any atom is -0.288 e. The Hall–Kier alpha value is -2.31. The number of alkyl halides is 3. The molecule has 7 heteroatoms. The Kier molecular flexibility index (Phi) is 3.76. The molecule has 0 fully saturated rings. The Bertz CT molecular complexity index is 705. The van der Waals surface area contributed by atoms with Crippen molar-refractivity contribution in [1.29, 1.82) is 0 Å². The van der Waals surface area contributed by atoms with Crippen LogP contribution >= 0.6 is 0 Å². The highest BCUT2D eigenvalue weighted by atomic mass is 19.4. The lowest BCUT2D eigenvalue weighted by atomic mass is 9.99. The summed E-state index contributed by atoms with van der Waals surface area (Å²) in [4.78, 5) is 11.9. The van der Waals surface area contributed by atoms with Crippen LogP contribution in [-0.2, 0) is 6.18 Å². The third-order valence-corrected chi connectivity index (χ3v) is 2.74. The van der Waals surface area contributed by atoms with Crippen molar-refractivity contribution in [2.45, 2.75) is 6.18 Å². The van der Waals surface area contributed by atoms with Gasteiger partial charge in [0.2, 0.25) is 0 Å². The topological polar surface area (TPSA) is 17.1 Å². The van der Waals surface area contributed by atoms with Crippen molar-refractivity contribution in [2.24, 2.45) is 0 Å². The summed E-state index contributed by atoms with van der Waals surface area (Å²) in [5.41, 5.74) is -3.47. The van der Waals surface area contributed by atoms with Gasteiger partial charge < -0.3 is 0 Å². The average molecular weight is 304 g/mol. The predicted octanol–water partition coefficient (Wildman–Crippen LogP) is 4.35. The molecule has 0 aliphatic carbocycles. The predicted molar refractivity (Wildman–Crippen MR) is 61.2 cm³/mol. The number of halogens is 6. The van der Waals surface area contributed by atoms with Crippen LogP contribution in [0.2, 0.25) is 0 Å². The van der Waals surface area contributed by atoms with Gasteiger partial charge >= 0.3 is 6.18 Å². The van der Waals surface area contributed by atoms with E-state index < -0.39 is 46.1 Å². The number of hydrogen-bond donors (Lipinski definition) is 0. The van der Waals surface area contributed by atoms with Crippen molar-refractivity contribution in [3.63, 3.8) is 0 Å². The maximum atomic E-state index is 13.8. The zero-order valence-corrected chi connectivity index (χ0v) is 10.1. The summed E-state index contributed by atoms with van der Waals surface area (Å²) in [5, 5.41) is 0. The molecule has 0 saturated carbocycles. The summed E-state index contributed by atoms with van der Waals surface area (Å²) < 4.78 is 77.9. The molecular formula is C14H6F6O. The fourth-order valence-corrected chi connectivity index (χ4v) is 1.75. The average Bonchev–Trinajstić information content (AvgIpc) is 2.40. The van der Waals surface area contributed by atoms with Gasteiger partial charge in [-0.05, 0) is 24.3 Å². The van der Waals surface area contributed by atoms with Crippen molar-refractivity contribution in [3.8, 4) is 0 Å². The lowest BCUT2D eigenvalue weighted by Crippen LogP contribution is -2.14. The molecule has 0 unspecified atom stereocenters. The second kappa shape index (κ2) is 5.23. The molecular weight excluding hydrogens is 298 g/mol. The van der Waals surface area contributed by atoms with Crippen molar-refractivity contribution in [1.82, 2.24) is 0 Å². The smallest absolute Gasteiger partial charge is 0.288 e. The molecule has 0 N–H and O–H groups in total. The largest absolute Gasteiger partial charge is 0.419 e. The van der Waals surface area contributed by atoms with Crippen LogP contribution in [-0.4, -0.2) is 5.78 Å². The Labute approximate surface area is 114 Å². The highest BCUT2D eigenvalue weighted by Crippen LogP contribution is 2.33. The molecule has 0 saturated heterocycles. The van der Waals surface area contributed by atoms with E-state index in [2.05, 4.69) is 0 Å². The van der Waals surface area contributed by atoms with Crippen LogP contribution in [0.1, 0.15) is 21.5 Å². The standard InChI is InChI=1S/C14H6F6O/c15-10-6-2-4-8(12(10)17)13(21)7-3-1-5-9(11(7)16)14(18,19)20/h1-6H. The second-order valence-corrected chi connectivity index (χ2v) is 4.10. The molecule has 1 nitrogen and oxygen atoms in total. The van der Waals surface area contributed by atoms with Crippen LogP contribution in [0.5, 0.6) is 0 Å². The van der Waals surface area contributed by atoms with Crippen molar-refractivity contribution < 1.29 is 31.1 Å². The van der Waals surface area contributed by atoms with Gasteiger partial charge in [-0.3, -0.25) is 4.79 Å². The van der Waals surface area contributed by atoms with E-state index >= 15 is 0 Å². The lowest BCUT2D eigenvalue weighted by Gasteiger charge is -2.11. The normalized spacial score (nSPS) is 11.5. The summed E-state index contributed by atoms with van der Waals surface area (Å²) in [6.07, 6.45) is -5.00. The number of benzene rings is 2. The maximum Gasteiger partial charge on any atom is 0.419 e. The molecule has 0 atom stereocenters. The Morgan fingerprint density at radius 1 is 0.810 bits per heavy atom. The molecule has 0 amide bonds. The minimum atomic E-state index is -5.00. The van der Waals surface area contributed by atoms with E-state index in [0.29, 0.717) is 6.07 Å². The van der Waals surface area contributed by atoms with Crippen LogP contribution in [0.3, 0.4) is 0 Å². The summed E-state index contributed by atoms with van der Waals surface area (Å²) >= 11 is 0. The van der Waals surface area contributed by atoms with Crippen molar-refractivity contribution >= 4 is 5.78 Å². The first-order chi connectivity index (χ1) is 9.73. The molecule has 0 bridgehead atoms. The van der Waals surface area contributed by atoms with E-state index in [-0.39, 0.29) is 0 Å². The van der Waals surface area contributed by atoms with Crippen LogP contribution in [0.4, 0.5) is 26.3 Å². The number of hydrogen-bond acceptors (Lipinski definition) is 1. The molecule has 0 radical (unpaired) electrons. The first kappa shape index (κ1) is 15.1. The van der Waals surface area contributed by atoms with E-state index in [1.807, 2.05) is 0 Å². The number of rotatable bonds is 2. The molecule has 0 aliphatic rings. The van der Waals surface area contributed by atoms with Gasteiger partial charge in [-0.1, -0.05) is 12.1 Å². The first-order valence-electron chi connectivity index (χ1n) is 5.58. The highest BCUT2D eigenvalue weighted by molar-refractivity contribution is 6.09. The molecule has 110 valence electrons. The van der Waals surface area contributed by atoms with Crippen LogP contribution < -0.4 is 0 Å². The van der Waals surface area contributed by atoms with E-state index in [1.54, 1.807) is 0 Å². The zero-order valence-electron chi connectivity index (χ0n) is 10.1. The van der Waals surface area contributed by atoms with Gasteiger partial charge in [0.25, 0.3) is 0 Å². The van der Waals surface area contributed by atoms with E-state index in [1.165, 1.54) is 0 Å². The summed E-state index contributed by atoms with van der Waals surface area (Å²) in [7, 11) is 0. The van der Waals surface area contributed by atoms with Gasteiger partial charge in [0.05, 0.1) is 16.7 Å². The van der Waals surface area contributed by atoms with Gasteiger partial charge in [0.15, 0.2) is 17.4 Å². The fourth-order valence-electron chi connectivity index (χ4n) is 1.75. The highest BCUT2D eigenvalue weighted by Gasteiger charge is 2.36. The third kappa shape index (κ3) is 2.76. The van der Waals surface area contributed by atoms with Gasteiger partial charge in [-0.15, -0.1) is 0 Å². The monoisotopic (exact) mass is 304 g/mol. The molecule has 0 aliphatic heterocycles. The van der Waals surface area contributed by atoms with E-state index in [9.17, 15) is 31.1 Å². The molecule has 2 aromatic rings. The van der Waals surface area contributed by atoms with Crippen LogP contribution in [0.25, 0.3) is 0 Å². The molecule has 0 spiro atoms. The summed E-state index contributed by atoms with van der Waals surface area (Å²) in [5.74, 6) is -6.08. The van der Waals surface area contributed by atoms with Gasteiger partial charge in [-0.25, -0.2) is 13.2 Å². The summed E-state index contributed by atoms with van der Waals surface area (Å²) in [6.45, 7) is 0. The zero-order chi connectivity index (χ0) is 15.8. The van der Waals surface area contributed by atoms with Crippen molar-refractivity contribution in [2.75, 3.05) is 0 Å². The molecule has 2 aromatic carbocycles. The summed E-state index contributed by atoms with van der Waals surface area (Å²) in [6, 6.07) is 4.63. The quantitative estimate of drug-likeness (QED) is 0.595. The number of carbonyl (C=O) groups excluding carboxylic acids is 1. The molecule has 0 aromatic heterocycles. The van der Waals surface area contributed by atoms with Crippen molar-refractivity contribution in [3.05, 3.63) is 70.5 Å². The SMILES string of the molecule is O=C(c1cccc(F)c1F)c1cccc(C(F)(F)F)c1F. The molecule has 2 rings (SSSR count). The van der Waals surface area contributed by atoms with Gasteiger partial charge in [0, 0.05) is 0 Å². The Morgan fingerprint density at radius 2 is 1.33 bits per heavy atom.